The molecule has 0 aromatic carbocycles. The first-order valence-electron chi connectivity index (χ1n) is 6.47. The van der Waals surface area contributed by atoms with E-state index in [9.17, 15) is 0 Å². The molecule has 0 radical (unpaired) electrons. The van der Waals surface area contributed by atoms with E-state index in [1.165, 1.54) is 30.9 Å². The molecule has 1 atom stereocenters. The Bertz CT molecular complexity index is 365. The van der Waals surface area contributed by atoms with Crippen molar-refractivity contribution >= 4 is 0 Å². The zero-order valence-corrected chi connectivity index (χ0v) is 9.95. The Hall–Kier alpha value is -0.900. The molecule has 0 spiro atoms. The Balaban J connectivity index is 1.85. The van der Waals surface area contributed by atoms with Crippen molar-refractivity contribution in [2.24, 2.45) is 5.92 Å². The van der Waals surface area contributed by atoms with E-state index >= 15 is 0 Å². The fourth-order valence-electron chi connectivity index (χ4n) is 2.89. The quantitative estimate of drug-likeness (QED) is 0.776. The van der Waals surface area contributed by atoms with Gasteiger partial charge in [-0.2, -0.15) is 0 Å². The molecule has 3 rings (SSSR count). The molecule has 0 saturated carbocycles. The van der Waals surface area contributed by atoms with Crippen LogP contribution < -0.4 is 5.32 Å². The highest BCUT2D eigenvalue weighted by atomic mass is 15.3. The summed E-state index contributed by atoms with van der Waals surface area (Å²) in [5, 5.41) is 12.2. The third-order valence-corrected chi connectivity index (χ3v) is 3.94. The predicted molar refractivity (Wildman–Crippen MR) is 62.4 cm³/mol. The fourth-order valence-corrected chi connectivity index (χ4v) is 2.89. The summed E-state index contributed by atoms with van der Waals surface area (Å²) in [7, 11) is 0. The average molecular weight is 220 g/mol. The van der Waals surface area contributed by atoms with Crippen LogP contribution in [0.15, 0.2) is 0 Å². The lowest BCUT2D eigenvalue weighted by Gasteiger charge is -2.25. The predicted octanol–water partition coefficient (Wildman–Crippen LogP) is 1.33. The maximum Gasteiger partial charge on any atom is 0.136 e. The first-order valence-corrected chi connectivity index (χ1v) is 6.47. The van der Waals surface area contributed by atoms with Gasteiger partial charge in [-0.15, -0.1) is 10.2 Å². The van der Waals surface area contributed by atoms with Crippen molar-refractivity contribution in [3.63, 3.8) is 0 Å². The SMILES string of the molecule is CC1CCn2c(nnc2C2CCNCC2)C1. The Morgan fingerprint density at radius 1 is 1.19 bits per heavy atom. The van der Waals surface area contributed by atoms with E-state index in [0.29, 0.717) is 5.92 Å². The van der Waals surface area contributed by atoms with Crippen LogP contribution in [0.5, 0.6) is 0 Å². The third-order valence-electron chi connectivity index (χ3n) is 3.94. The second-order valence-electron chi connectivity index (χ2n) is 5.25. The van der Waals surface area contributed by atoms with E-state index in [1.54, 1.807) is 0 Å². The number of hydrogen-bond donors (Lipinski definition) is 1. The van der Waals surface area contributed by atoms with E-state index < -0.39 is 0 Å². The molecule has 2 aliphatic rings. The van der Waals surface area contributed by atoms with Crippen molar-refractivity contribution in [3.8, 4) is 0 Å². The molecule has 4 heteroatoms. The summed E-state index contributed by atoms with van der Waals surface area (Å²) in [5.41, 5.74) is 0. The minimum atomic E-state index is 0.635. The molecule has 1 unspecified atom stereocenters. The molecule has 1 aromatic rings. The molecule has 1 N–H and O–H groups in total. The lowest BCUT2D eigenvalue weighted by atomic mass is 9.95. The standard InChI is InChI=1S/C12H20N4/c1-9-4-7-16-11(8-9)14-15-12(16)10-2-5-13-6-3-10/h9-10,13H,2-8H2,1H3. The highest BCUT2D eigenvalue weighted by molar-refractivity contribution is 5.06. The lowest BCUT2D eigenvalue weighted by molar-refractivity contribution is 0.378. The average Bonchev–Trinajstić information content (AvgIpc) is 2.73. The maximum atomic E-state index is 4.44. The number of fused-ring (bicyclic) bond motifs is 1. The highest BCUT2D eigenvalue weighted by Crippen LogP contribution is 2.27. The topological polar surface area (TPSA) is 42.7 Å². The minimum absolute atomic E-state index is 0.635. The van der Waals surface area contributed by atoms with Crippen molar-refractivity contribution in [2.75, 3.05) is 13.1 Å². The Labute approximate surface area is 96.4 Å². The van der Waals surface area contributed by atoms with Crippen LogP contribution in [0.25, 0.3) is 0 Å². The third kappa shape index (κ3) is 1.75. The van der Waals surface area contributed by atoms with Gasteiger partial charge in [-0.05, 0) is 38.3 Å². The molecule has 88 valence electrons. The van der Waals surface area contributed by atoms with Gasteiger partial charge in [0.1, 0.15) is 11.6 Å². The summed E-state index contributed by atoms with van der Waals surface area (Å²) in [6, 6.07) is 0. The van der Waals surface area contributed by atoms with E-state index in [-0.39, 0.29) is 0 Å². The molecule has 1 aromatic heterocycles. The summed E-state index contributed by atoms with van der Waals surface area (Å²) in [6.07, 6.45) is 4.82. The van der Waals surface area contributed by atoms with Gasteiger partial charge in [0.25, 0.3) is 0 Å². The van der Waals surface area contributed by atoms with Crippen LogP contribution >= 0.6 is 0 Å². The van der Waals surface area contributed by atoms with Crippen molar-refractivity contribution in [1.82, 2.24) is 20.1 Å². The molecule has 16 heavy (non-hydrogen) atoms. The van der Waals surface area contributed by atoms with Crippen LogP contribution in [-0.2, 0) is 13.0 Å². The molecule has 0 aliphatic carbocycles. The van der Waals surface area contributed by atoms with Crippen molar-refractivity contribution in [3.05, 3.63) is 11.6 Å². The van der Waals surface area contributed by atoms with Gasteiger partial charge in [-0.25, -0.2) is 0 Å². The van der Waals surface area contributed by atoms with Crippen LogP contribution in [0.1, 0.15) is 43.8 Å². The Morgan fingerprint density at radius 2 is 2.00 bits per heavy atom. The second kappa shape index (κ2) is 4.17. The molecule has 0 amide bonds. The zero-order valence-electron chi connectivity index (χ0n) is 9.95. The normalized spacial score (nSPS) is 26.7. The molecule has 2 aliphatic heterocycles. The molecule has 3 heterocycles. The first kappa shape index (κ1) is 10.3. The van der Waals surface area contributed by atoms with E-state index in [0.717, 1.165) is 32.0 Å². The van der Waals surface area contributed by atoms with Gasteiger partial charge in [0.2, 0.25) is 0 Å². The number of nitrogens with zero attached hydrogens (tertiary/aromatic N) is 3. The Morgan fingerprint density at radius 3 is 2.81 bits per heavy atom. The summed E-state index contributed by atoms with van der Waals surface area (Å²) < 4.78 is 2.38. The minimum Gasteiger partial charge on any atom is -0.317 e. The number of rotatable bonds is 1. The van der Waals surface area contributed by atoms with E-state index in [2.05, 4.69) is 27.0 Å². The van der Waals surface area contributed by atoms with Crippen LogP contribution in [0.3, 0.4) is 0 Å². The van der Waals surface area contributed by atoms with Gasteiger partial charge < -0.3 is 9.88 Å². The second-order valence-corrected chi connectivity index (χ2v) is 5.25. The molecular weight excluding hydrogens is 200 g/mol. The first-order chi connectivity index (χ1) is 7.84. The summed E-state index contributed by atoms with van der Waals surface area (Å²) in [5.74, 6) is 3.88. The van der Waals surface area contributed by atoms with Crippen LogP contribution in [0, 0.1) is 5.92 Å². The smallest absolute Gasteiger partial charge is 0.136 e. The monoisotopic (exact) mass is 220 g/mol. The van der Waals surface area contributed by atoms with Crippen LogP contribution in [0.4, 0.5) is 0 Å². The number of nitrogens with one attached hydrogen (secondary N) is 1. The van der Waals surface area contributed by atoms with Gasteiger partial charge in [-0.1, -0.05) is 6.92 Å². The van der Waals surface area contributed by atoms with E-state index in [4.69, 9.17) is 0 Å². The highest BCUT2D eigenvalue weighted by Gasteiger charge is 2.25. The van der Waals surface area contributed by atoms with Gasteiger partial charge in [0.15, 0.2) is 0 Å². The number of aromatic nitrogens is 3. The van der Waals surface area contributed by atoms with Crippen molar-refractivity contribution in [1.29, 1.82) is 0 Å². The summed E-state index contributed by atoms with van der Waals surface area (Å²) in [4.78, 5) is 0. The summed E-state index contributed by atoms with van der Waals surface area (Å²) in [6.45, 7) is 5.69. The van der Waals surface area contributed by atoms with Gasteiger partial charge in [0.05, 0.1) is 0 Å². The van der Waals surface area contributed by atoms with Crippen molar-refractivity contribution in [2.45, 2.75) is 45.1 Å². The molecule has 4 nitrogen and oxygen atoms in total. The van der Waals surface area contributed by atoms with E-state index in [1.807, 2.05) is 0 Å². The Kier molecular flexibility index (Phi) is 2.67. The maximum absolute atomic E-state index is 4.44. The van der Waals surface area contributed by atoms with Gasteiger partial charge in [-0.3, -0.25) is 0 Å². The summed E-state index contributed by atoms with van der Waals surface area (Å²) >= 11 is 0. The number of piperidine rings is 1. The lowest BCUT2D eigenvalue weighted by Crippen LogP contribution is -2.29. The molecule has 1 fully saturated rings. The van der Waals surface area contributed by atoms with Crippen LogP contribution in [0.2, 0.25) is 0 Å². The molecular formula is C12H20N4. The molecule has 1 saturated heterocycles. The zero-order chi connectivity index (χ0) is 11.0. The van der Waals surface area contributed by atoms with Crippen LogP contribution in [-0.4, -0.2) is 27.9 Å². The van der Waals surface area contributed by atoms with Crippen molar-refractivity contribution < 1.29 is 0 Å². The fraction of sp³-hybridized carbons (Fsp3) is 0.833. The van der Waals surface area contributed by atoms with Gasteiger partial charge >= 0.3 is 0 Å². The largest absolute Gasteiger partial charge is 0.317 e. The van der Waals surface area contributed by atoms with Gasteiger partial charge in [0, 0.05) is 18.9 Å². The molecule has 0 bridgehead atoms. The number of hydrogen-bond acceptors (Lipinski definition) is 3.